The van der Waals surface area contributed by atoms with Crippen molar-refractivity contribution in [1.29, 1.82) is 0 Å². The Kier molecular flexibility index (Phi) is 4.05. The normalized spacial score (nSPS) is 12.5. The summed E-state index contributed by atoms with van der Waals surface area (Å²) in [5, 5.41) is 7.22. The second-order valence-electron chi connectivity index (χ2n) is 5.57. The van der Waals surface area contributed by atoms with Gasteiger partial charge in [-0.3, -0.25) is 0 Å². The van der Waals surface area contributed by atoms with Crippen molar-refractivity contribution in [1.82, 2.24) is 10.2 Å². The van der Waals surface area contributed by atoms with Crippen LogP contribution in [0.1, 0.15) is 19.4 Å². The molecule has 0 spiro atoms. The number of benzene rings is 1. The van der Waals surface area contributed by atoms with E-state index in [1.54, 1.807) is 0 Å². The van der Waals surface area contributed by atoms with Gasteiger partial charge < -0.3 is 10.2 Å². The van der Waals surface area contributed by atoms with Crippen LogP contribution in [0, 0.1) is 0 Å². The van der Waals surface area contributed by atoms with E-state index in [4.69, 9.17) is 0 Å². The summed E-state index contributed by atoms with van der Waals surface area (Å²) in [6.45, 7) is 6.45. The van der Waals surface area contributed by atoms with E-state index in [1.165, 1.54) is 15.6 Å². The summed E-state index contributed by atoms with van der Waals surface area (Å²) in [7, 11) is 4.25. The molecule has 0 fully saturated rings. The highest BCUT2D eigenvalue weighted by Crippen LogP contribution is 2.25. The van der Waals surface area contributed by atoms with Gasteiger partial charge in [-0.25, -0.2) is 0 Å². The Bertz CT molecular complexity index is 514. The smallest absolute Gasteiger partial charge is 0.0346 e. The number of rotatable bonds is 5. The maximum Gasteiger partial charge on any atom is 0.0346 e. The molecule has 0 saturated heterocycles. The molecule has 2 rings (SSSR count). The van der Waals surface area contributed by atoms with E-state index in [-0.39, 0.29) is 5.54 Å². The van der Waals surface area contributed by atoms with Crippen LogP contribution in [0.25, 0.3) is 10.1 Å². The minimum atomic E-state index is 0.186. The van der Waals surface area contributed by atoms with Crippen LogP contribution in [0.15, 0.2) is 29.6 Å². The zero-order valence-electron chi connectivity index (χ0n) is 11.7. The predicted molar refractivity (Wildman–Crippen MR) is 81.3 cm³/mol. The molecule has 1 aromatic heterocycles. The summed E-state index contributed by atoms with van der Waals surface area (Å²) in [6.07, 6.45) is 0. The third-order valence-electron chi connectivity index (χ3n) is 3.64. The largest absolute Gasteiger partial charge is 0.311 e. The fraction of sp³-hybridized carbons (Fsp3) is 0.467. The Morgan fingerprint density at radius 1 is 1.22 bits per heavy atom. The number of hydrogen-bond acceptors (Lipinski definition) is 3. The Morgan fingerprint density at radius 3 is 2.67 bits per heavy atom. The molecular weight excluding hydrogens is 240 g/mol. The van der Waals surface area contributed by atoms with E-state index in [1.807, 2.05) is 11.3 Å². The average Bonchev–Trinajstić information content (AvgIpc) is 2.72. The van der Waals surface area contributed by atoms with Crippen LogP contribution >= 0.6 is 11.3 Å². The molecule has 3 heteroatoms. The first kappa shape index (κ1) is 13.5. The van der Waals surface area contributed by atoms with Crippen molar-refractivity contribution in [3.63, 3.8) is 0 Å². The Labute approximate surface area is 114 Å². The van der Waals surface area contributed by atoms with Crippen LogP contribution in [0.5, 0.6) is 0 Å². The van der Waals surface area contributed by atoms with Gasteiger partial charge in [-0.15, -0.1) is 11.3 Å². The molecule has 0 bridgehead atoms. The quantitative estimate of drug-likeness (QED) is 0.889. The molecule has 0 radical (unpaired) electrons. The maximum atomic E-state index is 3.57. The highest BCUT2D eigenvalue weighted by Gasteiger charge is 2.19. The van der Waals surface area contributed by atoms with Crippen molar-refractivity contribution < 1.29 is 0 Å². The molecule has 98 valence electrons. The zero-order valence-corrected chi connectivity index (χ0v) is 12.5. The fourth-order valence-electron chi connectivity index (χ4n) is 1.83. The first-order valence-corrected chi connectivity index (χ1v) is 7.22. The monoisotopic (exact) mass is 262 g/mol. The molecule has 0 aliphatic rings. The summed E-state index contributed by atoms with van der Waals surface area (Å²) in [5.41, 5.74) is 1.59. The molecule has 0 aliphatic heterocycles. The van der Waals surface area contributed by atoms with E-state index < -0.39 is 0 Å². The van der Waals surface area contributed by atoms with Gasteiger partial charge in [-0.05, 0) is 50.3 Å². The average molecular weight is 262 g/mol. The van der Waals surface area contributed by atoms with Crippen molar-refractivity contribution in [2.45, 2.75) is 25.9 Å². The van der Waals surface area contributed by atoms with Crippen LogP contribution in [-0.2, 0) is 6.54 Å². The zero-order chi connectivity index (χ0) is 13.2. The molecule has 1 N–H and O–H groups in total. The van der Waals surface area contributed by atoms with Gasteiger partial charge in [-0.1, -0.05) is 18.2 Å². The van der Waals surface area contributed by atoms with Gasteiger partial charge in [0.25, 0.3) is 0 Å². The Balaban J connectivity index is 1.99. The first-order chi connectivity index (χ1) is 8.50. The predicted octanol–water partition coefficient (Wildman–Crippen LogP) is 3.33. The van der Waals surface area contributed by atoms with Crippen molar-refractivity contribution in [3.05, 3.63) is 35.2 Å². The van der Waals surface area contributed by atoms with E-state index in [9.17, 15) is 0 Å². The molecule has 18 heavy (non-hydrogen) atoms. The molecule has 0 saturated carbocycles. The van der Waals surface area contributed by atoms with Gasteiger partial charge in [0.2, 0.25) is 0 Å². The van der Waals surface area contributed by atoms with Crippen molar-refractivity contribution in [2.24, 2.45) is 0 Å². The topological polar surface area (TPSA) is 15.3 Å². The first-order valence-electron chi connectivity index (χ1n) is 6.34. The van der Waals surface area contributed by atoms with Crippen LogP contribution < -0.4 is 5.32 Å². The minimum Gasteiger partial charge on any atom is -0.311 e. The second-order valence-corrected chi connectivity index (χ2v) is 6.48. The van der Waals surface area contributed by atoms with Gasteiger partial charge in [0, 0.05) is 23.3 Å². The number of hydrogen-bond donors (Lipinski definition) is 1. The van der Waals surface area contributed by atoms with Gasteiger partial charge in [0.15, 0.2) is 0 Å². The molecule has 2 aromatic rings. The van der Waals surface area contributed by atoms with Crippen LogP contribution in [0.3, 0.4) is 0 Å². The number of nitrogens with zero attached hydrogens (tertiary/aromatic N) is 1. The minimum absolute atomic E-state index is 0.186. The lowest BCUT2D eigenvalue weighted by Gasteiger charge is -2.32. The lowest BCUT2D eigenvalue weighted by atomic mass is 10.0. The van der Waals surface area contributed by atoms with E-state index >= 15 is 0 Å². The van der Waals surface area contributed by atoms with Crippen LogP contribution in [-0.4, -0.2) is 31.1 Å². The molecule has 0 amide bonds. The fourth-order valence-corrected chi connectivity index (χ4v) is 2.79. The molecule has 1 heterocycles. The summed E-state index contributed by atoms with van der Waals surface area (Å²) < 4.78 is 1.38. The van der Waals surface area contributed by atoms with E-state index in [2.05, 4.69) is 67.8 Å². The molecule has 0 atom stereocenters. The van der Waals surface area contributed by atoms with Gasteiger partial charge in [-0.2, -0.15) is 0 Å². The maximum absolute atomic E-state index is 3.57. The summed E-state index contributed by atoms with van der Waals surface area (Å²) in [6, 6.07) is 8.61. The summed E-state index contributed by atoms with van der Waals surface area (Å²) in [5.74, 6) is 0. The van der Waals surface area contributed by atoms with Crippen LogP contribution in [0.4, 0.5) is 0 Å². The lowest BCUT2D eigenvalue weighted by Crippen LogP contribution is -2.46. The highest BCUT2D eigenvalue weighted by molar-refractivity contribution is 7.17. The lowest BCUT2D eigenvalue weighted by molar-refractivity contribution is 0.190. The third kappa shape index (κ3) is 2.91. The third-order valence-corrected chi connectivity index (χ3v) is 4.66. The Hall–Kier alpha value is -0.900. The number of thiophene rings is 1. The van der Waals surface area contributed by atoms with Crippen molar-refractivity contribution in [3.8, 4) is 0 Å². The second kappa shape index (κ2) is 5.39. The highest BCUT2D eigenvalue weighted by atomic mass is 32.1. The van der Waals surface area contributed by atoms with Crippen LogP contribution in [0.2, 0.25) is 0 Å². The molecule has 0 unspecified atom stereocenters. The number of likely N-dealkylation sites (N-methyl/N-ethyl adjacent to an activating group) is 1. The number of fused-ring (bicyclic) bond motifs is 1. The summed E-state index contributed by atoms with van der Waals surface area (Å²) in [4.78, 5) is 2.26. The number of nitrogens with one attached hydrogen (secondary N) is 1. The van der Waals surface area contributed by atoms with E-state index in [0.29, 0.717) is 0 Å². The van der Waals surface area contributed by atoms with Gasteiger partial charge >= 0.3 is 0 Å². The van der Waals surface area contributed by atoms with E-state index in [0.717, 1.165) is 13.1 Å². The molecule has 0 aliphatic carbocycles. The van der Waals surface area contributed by atoms with Gasteiger partial charge in [0.1, 0.15) is 0 Å². The SMILES string of the molecule is CN(C)C(C)(C)CNCc1csc2ccccc12. The van der Waals surface area contributed by atoms with Crippen molar-refractivity contribution >= 4 is 21.4 Å². The Morgan fingerprint density at radius 2 is 1.94 bits per heavy atom. The molecular formula is C15H22N2S. The molecule has 1 aromatic carbocycles. The van der Waals surface area contributed by atoms with Gasteiger partial charge in [0.05, 0.1) is 0 Å². The van der Waals surface area contributed by atoms with Crippen molar-refractivity contribution in [2.75, 3.05) is 20.6 Å². The molecule has 2 nitrogen and oxygen atoms in total. The standard InChI is InChI=1S/C15H22N2S/c1-15(2,17(3)4)11-16-9-12-10-18-14-8-6-5-7-13(12)14/h5-8,10,16H,9,11H2,1-4H3. The summed E-state index contributed by atoms with van der Waals surface area (Å²) >= 11 is 1.83.